The molecule has 102 valence electrons. The van der Waals surface area contributed by atoms with E-state index in [1.54, 1.807) is 0 Å². The van der Waals surface area contributed by atoms with Gasteiger partial charge < -0.3 is 15.4 Å². The summed E-state index contributed by atoms with van der Waals surface area (Å²) >= 11 is 0. The van der Waals surface area contributed by atoms with Crippen LogP contribution in [0.2, 0.25) is 0 Å². The molecule has 2 heterocycles. The van der Waals surface area contributed by atoms with Crippen molar-refractivity contribution in [3.63, 3.8) is 0 Å². The highest BCUT2D eigenvalue weighted by Gasteiger charge is 2.21. The fraction of sp³-hybridized carbons (Fsp3) is 0.533. The van der Waals surface area contributed by atoms with Crippen molar-refractivity contribution in [1.82, 2.24) is 0 Å². The first-order chi connectivity index (χ1) is 9.33. The molecule has 0 saturated carbocycles. The van der Waals surface area contributed by atoms with Gasteiger partial charge in [0, 0.05) is 37.1 Å². The van der Waals surface area contributed by atoms with E-state index in [2.05, 4.69) is 16.7 Å². The predicted octanol–water partition coefficient (Wildman–Crippen LogP) is 2.41. The summed E-state index contributed by atoms with van der Waals surface area (Å²) in [5.74, 6) is 0.219. The number of carbonyl (C=O) groups is 1. The lowest BCUT2D eigenvalue weighted by Gasteiger charge is -2.22. The van der Waals surface area contributed by atoms with E-state index in [4.69, 9.17) is 4.74 Å². The van der Waals surface area contributed by atoms with Gasteiger partial charge in [0.25, 0.3) is 0 Å². The minimum absolute atomic E-state index is 0.0951. The zero-order valence-electron chi connectivity index (χ0n) is 11.1. The van der Waals surface area contributed by atoms with Crippen LogP contribution in [0.25, 0.3) is 0 Å². The molecular weight excluding hydrogens is 240 g/mol. The molecule has 0 spiro atoms. The minimum atomic E-state index is 0.0951. The first-order valence-corrected chi connectivity index (χ1v) is 7.08. The highest BCUT2D eigenvalue weighted by molar-refractivity contribution is 5.93. The van der Waals surface area contributed by atoms with E-state index in [0.717, 1.165) is 37.2 Å². The molecule has 4 nitrogen and oxygen atoms in total. The number of nitrogens with one attached hydrogen (secondary N) is 2. The fourth-order valence-corrected chi connectivity index (χ4v) is 2.74. The molecule has 0 radical (unpaired) electrons. The summed E-state index contributed by atoms with van der Waals surface area (Å²) in [5.41, 5.74) is 3.40. The van der Waals surface area contributed by atoms with E-state index in [0.29, 0.717) is 13.2 Å². The highest BCUT2D eigenvalue weighted by Crippen LogP contribution is 2.26. The highest BCUT2D eigenvalue weighted by atomic mass is 16.5. The molecule has 19 heavy (non-hydrogen) atoms. The third kappa shape index (κ3) is 2.89. The summed E-state index contributed by atoms with van der Waals surface area (Å²) in [7, 11) is 0. The first-order valence-electron chi connectivity index (χ1n) is 7.08. The van der Waals surface area contributed by atoms with Crippen molar-refractivity contribution >= 4 is 17.3 Å². The fourth-order valence-electron chi connectivity index (χ4n) is 2.74. The Morgan fingerprint density at radius 3 is 3.00 bits per heavy atom. The number of anilines is 2. The monoisotopic (exact) mass is 260 g/mol. The quantitative estimate of drug-likeness (QED) is 0.858. The molecule has 1 fully saturated rings. The molecule has 0 aromatic heterocycles. The van der Waals surface area contributed by atoms with E-state index in [9.17, 15) is 4.79 Å². The summed E-state index contributed by atoms with van der Waals surface area (Å²) in [6.07, 6.45) is 3.96. The predicted molar refractivity (Wildman–Crippen MR) is 75.4 cm³/mol. The summed E-state index contributed by atoms with van der Waals surface area (Å²) in [4.78, 5) is 12.1. The average molecular weight is 260 g/mol. The Hall–Kier alpha value is -1.55. The molecular formula is C15H20N2O2. The van der Waals surface area contributed by atoms with Crippen molar-refractivity contribution in [1.29, 1.82) is 0 Å². The van der Waals surface area contributed by atoms with Crippen LogP contribution in [0.15, 0.2) is 18.2 Å². The van der Waals surface area contributed by atoms with Crippen LogP contribution < -0.4 is 10.6 Å². The third-order valence-electron chi connectivity index (χ3n) is 3.91. The van der Waals surface area contributed by atoms with Gasteiger partial charge in [-0.3, -0.25) is 4.79 Å². The van der Waals surface area contributed by atoms with Crippen LogP contribution in [0.4, 0.5) is 11.4 Å². The lowest BCUT2D eigenvalue weighted by molar-refractivity contribution is -0.122. The Morgan fingerprint density at radius 2 is 2.16 bits per heavy atom. The minimum Gasteiger partial charge on any atom is -0.385 e. The Labute approximate surface area is 113 Å². The number of fused-ring (bicyclic) bond motifs is 1. The number of aryl methyl sites for hydroxylation is 1. The van der Waals surface area contributed by atoms with Gasteiger partial charge in [0.05, 0.1) is 0 Å². The van der Waals surface area contributed by atoms with E-state index >= 15 is 0 Å². The van der Waals surface area contributed by atoms with Crippen LogP contribution in [0, 0.1) is 5.92 Å². The van der Waals surface area contributed by atoms with Gasteiger partial charge in [-0.15, -0.1) is 0 Å². The maximum absolute atomic E-state index is 12.1. The Balaban J connectivity index is 1.67. The molecule has 4 heteroatoms. The number of hydrogen-bond donors (Lipinski definition) is 2. The van der Waals surface area contributed by atoms with Gasteiger partial charge in [0.15, 0.2) is 0 Å². The molecule has 3 rings (SSSR count). The molecule has 0 unspecified atom stereocenters. The number of ether oxygens (including phenoxy) is 1. The standard InChI is InChI=1S/C15H20N2O2/c18-15(12-5-8-19-9-6-12)17-13-4-3-11-2-1-7-16-14(11)10-13/h3-4,10,12,16H,1-2,5-9H2,(H,17,18). The van der Waals surface area contributed by atoms with Gasteiger partial charge in [-0.2, -0.15) is 0 Å². The van der Waals surface area contributed by atoms with Crippen LogP contribution in [-0.2, 0) is 16.0 Å². The van der Waals surface area contributed by atoms with E-state index in [-0.39, 0.29) is 11.8 Å². The molecule has 1 amide bonds. The average Bonchev–Trinajstić information content (AvgIpc) is 2.48. The summed E-state index contributed by atoms with van der Waals surface area (Å²) in [6.45, 7) is 2.41. The molecule has 1 saturated heterocycles. The maximum atomic E-state index is 12.1. The molecule has 1 aromatic rings. The lowest BCUT2D eigenvalue weighted by atomic mass is 9.99. The second-order valence-electron chi connectivity index (χ2n) is 5.28. The van der Waals surface area contributed by atoms with Crippen molar-refractivity contribution in [2.24, 2.45) is 5.92 Å². The van der Waals surface area contributed by atoms with Crippen molar-refractivity contribution in [2.45, 2.75) is 25.7 Å². The van der Waals surface area contributed by atoms with E-state index in [1.807, 2.05) is 12.1 Å². The molecule has 1 aromatic carbocycles. The third-order valence-corrected chi connectivity index (χ3v) is 3.91. The zero-order chi connectivity index (χ0) is 13.1. The SMILES string of the molecule is O=C(Nc1ccc2c(c1)NCCC2)C1CCOCC1. The molecule has 0 aliphatic carbocycles. The van der Waals surface area contributed by atoms with E-state index < -0.39 is 0 Å². The van der Waals surface area contributed by atoms with Gasteiger partial charge in [-0.25, -0.2) is 0 Å². The lowest BCUT2D eigenvalue weighted by Crippen LogP contribution is -2.28. The Bertz CT molecular complexity index is 467. The molecule has 0 bridgehead atoms. The number of carbonyl (C=O) groups excluding carboxylic acids is 1. The summed E-state index contributed by atoms with van der Waals surface area (Å²) in [5, 5.41) is 6.41. The molecule has 2 N–H and O–H groups in total. The van der Waals surface area contributed by atoms with Crippen LogP contribution >= 0.6 is 0 Å². The first kappa shape index (κ1) is 12.5. The number of rotatable bonds is 2. The van der Waals surface area contributed by atoms with Crippen molar-refractivity contribution < 1.29 is 9.53 Å². The van der Waals surface area contributed by atoms with Crippen LogP contribution in [0.3, 0.4) is 0 Å². The maximum Gasteiger partial charge on any atom is 0.227 e. The van der Waals surface area contributed by atoms with Crippen molar-refractivity contribution in [2.75, 3.05) is 30.4 Å². The van der Waals surface area contributed by atoms with Gasteiger partial charge in [0.1, 0.15) is 0 Å². The Morgan fingerprint density at radius 1 is 1.32 bits per heavy atom. The van der Waals surface area contributed by atoms with Gasteiger partial charge in [0.2, 0.25) is 5.91 Å². The smallest absolute Gasteiger partial charge is 0.227 e. The second-order valence-corrected chi connectivity index (χ2v) is 5.28. The van der Waals surface area contributed by atoms with Crippen LogP contribution in [-0.4, -0.2) is 25.7 Å². The zero-order valence-corrected chi connectivity index (χ0v) is 11.1. The van der Waals surface area contributed by atoms with Gasteiger partial charge in [-0.1, -0.05) is 6.07 Å². The van der Waals surface area contributed by atoms with Crippen LogP contribution in [0.5, 0.6) is 0 Å². The largest absolute Gasteiger partial charge is 0.385 e. The summed E-state index contributed by atoms with van der Waals surface area (Å²) < 4.78 is 5.28. The number of amides is 1. The van der Waals surface area contributed by atoms with Crippen molar-refractivity contribution in [3.8, 4) is 0 Å². The molecule has 2 aliphatic heterocycles. The topological polar surface area (TPSA) is 50.4 Å². The van der Waals surface area contributed by atoms with Gasteiger partial charge in [-0.05, 0) is 43.4 Å². The van der Waals surface area contributed by atoms with E-state index in [1.165, 1.54) is 12.0 Å². The van der Waals surface area contributed by atoms with Crippen LogP contribution in [0.1, 0.15) is 24.8 Å². The Kier molecular flexibility index (Phi) is 3.69. The molecule has 2 aliphatic rings. The summed E-state index contributed by atoms with van der Waals surface area (Å²) in [6, 6.07) is 6.16. The molecule has 0 atom stereocenters. The second kappa shape index (κ2) is 5.61. The van der Waals surface area contributed by atoms with Gasteiger partial charge >= 0.3 is 0 Å². The number of benzene rings is 1. The normalized spacial score (nSPS) is 19.4. The van der Waals surface area contributed by atoms with Crippen molar-refractivity contribution in [3.05, 3.63) is 23.8 Å². The number of hydrogen-bond acceptors (Lipinski definition) is 3.